The van der Waals surface area contributed by atoms with Gasteiger partial charge in [0.1, 0.15) is 90.3 Å². The van der Waals surface area contributed by atoms with Gasteiger partial charge in [-0.2, -0.15) is 0 Å². The van der Waals surface area contributed by atoms with E-state index in [2.05, 4.69) is 63.5 Å². The zero-order valence-electron chi connectivity index (χ0n) is 77.1. The Morgan fingerprint density at radius 2 is 1.09 bits per heavy atom. The smallest absolute Gasteiger partial charge is 0.246 e. The van der Waals surface area contributed by atoms with Crippen LogP contribution in [0.25, 0.3) is 21.0 Å². The van der Waals surface area contributed by atoms with Gasteiger partial charge in [0.25, 0.3) is 0 Å². The van der Waals surface area contributed by atoms with Crippen molar-refractivity contribution >= 4 is 156 Å². The molecule has 18 amide bonds. The highest BCUT2D eigenvalue weighted by atomic mass is 32.2. The number of unbranched alkanes of at least 4 members (excludes halogenated alkanes) is 2. The Balaban J connectivity index is 1.21. The highest BCUT2D eigenvalue weighted by molar-refractivity contribution is 8.00. The van der Waals surface area contributed by atoms with Gasteiger partial charge >= 0.3 is 0 Å². The number of benzene rings is 3. The van der Waals surface area contributed by atoms with Crippen molar-refractivity contribution in [3.05, 3.63) is 101 Å². The van der Waals surface area contributed by atoms with Crippen LogP contribution in [0.4, 0.5) is 0 Å². The van der Waals surface area contributed by atoms with Gasteiger partial charge in [-0.25, -0.2) is 0 Å². The molecule has 0 aliphatic carbocycles. The predicted octanol–water partition coefficient (Wildman–Crippen LogP) is -2.90. The Hall–Kier alpha value is -13.0. The molecule has 5 heterocycles. The quantitative estimate of drug-likeness (QED) is 0.0142. The molecule has 135 heavy (non-hydrogen) atoms. The van der Waals surface area contributed by atoms with Crippen LogP contribution in [0.15, 0.2) is 84.4 Å². The number of hydrogen-bond donors (Lipinski definition) is 20. The van der Waals surface area contributed by atoms with E-state index in [1.165, 1.54) is 63.7 Å². The number of guanidine groups is 1. The van der Waals surface area contributed by atoms with Crippen LogP contribution >= 0.6 is 23.1 Å². The highest BCUT2D eigenvalue weighted by Crippen LogP contribution is 2.30. The highest BCUT2D eigenvalue weighted by Gasteiger charge is 2.47. The summed E-state index contributed by atoms with van der Waals surface area (Å²) in [6, 6.07) is -2.53. The minimum atomic E-state index is -1.87. The van der Waals surface area contributed by atoms with Gasteiger partial charge in [0.15, 0.2) is 5.96 Å². The third kappa shape index (κ3) is 30.7. The summed E-state index contributed by atoms with van der Waals surface area (Å²) < 4.78 is 0.811. The van der Waals surface area contributed by atoms with Gasteiger partial charge in [-0.15, -0.1) is 23.1 Å². The molecule has 5 aromatic rings. The molecule has 0 spiro atoms. The second-order valence-electron chi connectivity index (χ2n) is 34.6. The average molecular weight is 1920 g/mol. The van der Waals surface area contributed by atoms with Crippen LogP contribution in [-0.4, -0.2) is 313 Å². The number of likely N-dealkylation sites (N-methyl/N-ethyl adjacent to an activating group) is 3. The number of nitrogens with two attached hydrogens (primary N) is 4. The van der Waals surface area contributed by atoms with Gasteiger partial charge in [-0.3, -0.25) is 91.7 Å². The van der Waals surface area contributed by atoms with Gasteiger partial charge in [0.2, 0.25) is 106 Å². The van der Waals surface area contributed by atoms with Crippen molar-refractivity contribution in [2.24, 2.45) is 28.9 Å². The van der Waals surface area contributed by atoms with Crippen LogP contribution in [0.5, 0.6) is 5.75 Å². The summed E-state index contributed by atoms with van der Waals surface area (Å²) in [6.45, 7) is 6.14. The first kappa shape index (κ1) is 107. The van der Waals surface area contributed by atoms with Gasteiger partial charge in [-0.1, -0.05) is 102 Å². The molecule has 43 nitrogen and oxygen atoms in total. The lowest BCUT2D eigenvalue weighted by Crippen LogP contribution is -2.61. The van der Waals surface area contributed by atoms with Crippen LogP contribution < -0.4 is 81.4 Å². The molecule has 8 rings (SSSR count). The summed E-state index contributed by atoms with van der Waals surface area (Å²) >= 11 is 2.10. The zero-order valence-corrected chi connectivity index (χ0v) is 78.7. The molecule has 0 radical (unpaired) electrons. The molecule has 2 aromatic heterocycles. The topological polar surface area (TPSA) is 660 Å². The van der Waals surface area contributed by atoms with E-state index in [1.807, 2.05) is 32.0 Å². The average Bonchev–Trinajstić information content (AvgIpc) is 1.71. The van der Waals surface area contributed by atoms with Gasteiger partial charge in [-0.05, 0) is 116 Å². The molecule has 3 aliphatic rings. The number of aromatic hydroxyl groups is 1. The van der Waals surface area contributed by atoms with Gasteiger partial charge in [0, 0.05) is 101 Å². The second kappa shape index (κ2) is 51.4. The number of H-pyrrole nitrogens is 1. The normalized spacial score (nSPS) is 24.7. The van der Waals surface area contributed by atoms with Crippen LogP contribution in [0.2, 0.25) is 0 Å². The molecular formula is C90H128N22O21S2. The number of para-hydroxylation sites is 1. The third-order valence-corrected chi connectivity index (χ3v) is 25.9. The first-order valence-corrected chi connectivity index (χ1v) is 47.2. The summed E-state index contributed by atoms with van der Waals surface area (Å²) in [5.74, 6) is -19.7. The molecule has 1 unspecified atom stereocenters. The van der Waals surface area contributed by atoms with E-state index < -0.39 is 266 Å². The van der Waals surface area contributed by atoms with Crippen molar-refractivity contribution in [1.29, 1.82) is 5.41 Å². The molecule has 0 saturated carbocycles. The molecule has 3 aliphatic heterocycles. The summed E-state index contributed by atoms with van der Waals surface area (Å²) in [5, 5.41) is 72.1. The first-order valence-electron chi connectivity index (χ1n) is 45.1. The van der Waals surface area contributed by atoms with Crippen LogP contribution in [0, 0.1) is 11.3 Å². The minimum absolute atomic E-state index is 0.00592. The fraction of sp³-hybridized carbons (Fsp3) is 0.544. The molecule has 24 N–H and O–H groups in total. The third-order valence-electron chi connectivity index (χ3n) is 23.9. The second-order valence-corrected chi connectivity index (χ2v) is 36.5. The number of amides is 18. The maximum Gasteiger partial charge on any atom is 0.246 e. The predicted molar refractivity (Wildman–Crippen MR) is 499 cm³/mol. The van der Waals surface area contributed by atoms with Crippen molar-refractivity contribution in [1.82, 2.24) is 88.0 Å². The Kier molecular flexibility index (Phi) is 40.9. The molecular weight excluding hydrogens is 1790 g/mol. The number of phenols is 1. The van der Waals surface area contributed by atoms with Crippen LogP contribution in [0.1, 0.15) is 148 Å². The van der Waals surface area contributed by atoms with E-state index in [0.29, 0.717) is 58.7 Å². The van der Waals surface area contributed by atoms with Gasteiger partial charge < -0.3 is 126 Å². The number of carbonyl (C=O) groups excluding carboxylic acids is 18. The number of hydrogen-bond acceptors (Lipinski definition) is 24. The summed E-state index contributed by atoms with van der Waals surface area (Å²) in [7, 11) is 3.90. The number of aromatic amines is 1. The Morgan fingerprint density at radius 1 is 0.541 bits per heavy atom. The number of aliphatic hydroxyl groups excluding tert-OH is 2. The number of phenolic OH excluding ortho intramolecular Hbond substituents is 1. The molecule has 3 aromatic carbocycles. The van der Waals surface area contributed by atoms with E-state index in [-0.39, 0.29) is 83.0 Å². The monoisotopic (exact) mass is 1920 g/mol. The number of carbonyl (C=O) groups is 18. The first-order chi connectivity index (χ1) is 64.1. The largest absolute Gasteiger partial charge is 0.508 e. The molecule has 3 saturated heterocycles. The van der Waals surface area contributed by atoms with Crippen molar-refractivity contribution in [3.63, 3.8) is 0 Å². The van der Waals surface area contributed by atoms with E-state index in [1.54, 1.807) is 55.8 Å². The lowest BCUT2D eigenvalue weighted by molar-refractivity contribution is -0.149. The molecule has 15 atom stereocenters. The fourth-order valence-corrected chi connectivity index (χ4v) is 18.3. The van der Waals surface area contributed by atoms with Crippen LogP contribution in [-0.2, 0) is 106 Å². The van der Waals surface area contributed by atoms with Gasteiger partial charge in [0.05, 0.1) is 31.2 Å². The number of rotatable bonds is 27. The maximum absolute atomic E-state index is 15.8. The Labute approximate surface area is 789 Å². The molecule has 3 fully saturated rings. The lowest BCUT2D eigenvalue weighted by Gasteiger charge is -2.36. The van der Waals surface area contributed by atoms with Crippen molar-refractivity contribution < 1.29 is 102 Å². The van der Waals surface area contributed by atoms with E-state index in [4.69, 9.17) is 28.3 Å². The number of aliphatic hydroxyl groups is 2. The van der Waals surface area contributed by atoms with E-state index in [9.17, 15) is 68.1 Å². The van der Waals surface area contributed by atoms with Crippen LogP contribution in [0.3, 0.4) is 0 Å². The maximum atomic E-state index is 15.8. The number of thioether (sulfide) groups is 1. The number of nitrogens with zero attached hydrogens (tertiary/aromatic N) is 5. The Morgan fingerprint density at radius 3 is 1.75 bits per heavy atom. The number of thiophene rings is 1. The molecule has 736 valence electrons. The summed E-state index contributed by atoms with van der Waals surface area (Å²) in [6.07, 6.45) is -2.02. The summed E-state index contributed by atoms with van der Waals surface area (Å²) in [4.78, 5) is 271. The SMILES string of the molecule is CCCC[C@H]1C(=O)N(C)[C@@H](CCCC)C(=O)N[C@@H](CCCNC(=N)N)C(=O)NC(C(=O)NCC(N)=O)CSCC(=O)N[C@@H](Cc2ccc(O)cc2)C(=O)N(C)[C@@H](C)C(=O)N[C@@H](CC(N)=O)C(=O)N2CCC[C@H]2C(=O)N[C@@H](CC(N)=O)C(=O)N[C@@H](CC(C)C)C(=O)N2C[C@H](O)C[C@H]2C(=O)N[C@@H](Cc2c[nH]c3ccccc23)C(=O)N[C@@H](CCO)C(=O)N[C@@H](Cc2csc3ccccc23)C(=O)N1C. The Bertz CT molecular complexity index is 5090. The van der Waals surface area contributed by atoms with Crippen molar-refractivity contribution in [2.45, 2.75) is 241 Å². The number of fused-ring (bicyclic) bond motifs is 4. The number of aromatic nitrogens is 1. The lowest BCUT2D eigenvalue weighted by atomic mass is 9.99. The standard InChI is InChI=1S/C90H128N22O21S2/c1-9-11-23-67-82(126)101-58(22-17-32-96-90(94)95)78(122)107-66(77(121)98-43-74(93)118)46-134-47-75(119)99-63(36-50-27-29-53(114)30-28-50)85(129)108(6)49(5)76(120)104-65(41-73(92)117)87(131)111-33-18-25-68(111)83(127)103-61(40-72(91)116)81(125)105-62(35-48(3)4)88(132)112-44-54(115)39-70(112)84(128)102-60(37-51-42-97-57-21-15-13-19-55(51)57)80(124)100-59(31-34-113)79(123)106-64(38-52-45-135-71-26-16-14-20-56(52)71)86(130)110(8)69(24-12-10-2)89(133)109(67)7/h13-16,19-21,26-30,42,45,48-49,54,58-70,97,113-115H,9-12,17-18,22-25,31-41,43-44,46-47H2,1-8H3,(H2,91,116)(H2,92,117)(H2,93,118)(H,98,121)(H,99,119)(H,100,124)(H,101,126)(H,102,128)(H,103,127)(H,104,120)(H,105,125)(H,106,123)(H,107,122)(H4,94,95,96)/t49-,54+,58-,59-,60-,61-,62-,63-,64-,65-,66?,67-,68-,69-,70-/m0/s1. The summed E-state index contributed by atoms with van der Waals surface area (Å²) in [5.41, 5.74) is 24.5. The van der Waals surface area contributed by atoms with E-state index >= 15 is 33.6 Å². The minimum Gasteiger partial charge on any atom is -0.508 e. The number of primary amides is 3. The molecule has 0 bridgehead atoms. The van der Waals surface area contributed by atoms with Crippen molar-refractivity contribution in [2.75, 3.05) is 65.4 Å². The number of nitrogens with one attached hydrogen (secondary N) is 13. The van der Waals surface area contributed by atoms with E-state index in [0.717, 1.165) is 41.0 Å². The molecule has 45 heteroatoms. The fourth-order valence-electron chi connectivity index (χ4n) is 16.5. The van der Waals surface area contributed by atoms with Crippen molar-refractivity contribution in [3.8, 4) is 5.75 Å². The zero-order chi connectivity index (χ0) is 99.2.